The summed E-state index contributed by atoms with van der Waals surface area (Å²) in [4.78, 5) is 15.0. The van der Waals surface area contributed by atoms with Crippen LogP contribution in [0.15, 0.2) is 66.7 Å². The molecule has 152 valence electrons. The predicted octanol–water partition coefficient (Wildman–Crippen LogP) is 5.65. The Kier molecular flexibility index (Phi) is 4.50. The molecule has 5 rings (SSSR count). The molecule has 0 radical (unpaired) electrons. The van der Waals surface area contributed by atoms with Crippen molar-refractivity contribution in [2.75, 3.05) is 6.61 Å². The van der Waals surface area contributed by atoms with E-state index < -0.39 is 0 Å². The Morgan fingerprint density at radius 1 is 0.967 bits per heavy atom. The lowest BCUT2D eigenvalue weighted by molar-refractivity contribution is 0.0656. The van der Waals surface area contributed by atoms with Gasteiger partial charge in [-0.1, -0.05) is 54.6 Å². The fraction of sp³-hybridized carbons (Fsp3) is 0.269. The van der Waals surface area contributed by atoms with Gasteiger partial charge in [0.15, 0.2) is 0 Å². The van der Waals surface area contributed by atoms with Crippen molar-refractivity contribution in [2.45, 2.75) is 38.3 Å². The van der Waals surface area contributed by atoms with Crippen LogP contribution in [0, 0.1) is 0 Å². The highest BCUT2D eigenvalue weighted by atomic mass is 16.6. The molecule has 1 heterocycles. The van der Waals surface area contributed by atoms with Crippen molar-refractivity contribution in [3.63, 3.8) is 0 Å². The molecule has 1 aliphatic heterocycles. The average molecular weight is 399 g/mol. The summed E-state index contributed by atoms with van der Waals surface area (Å²) in [5, 5.41) is 9.80. The second-order valence-electron chi connectivity index (χ2n) is 8.32. The van der Waals surface area contributed by atoms with Gasteiger partial charge in [-0.25, -0.2) is 4.79 Å². The monoisotopic (exact) mass is 399 g/mol. The molecule has 0 saturated carbocycles. The summed E-state index contributed by atoms with van der Waals surface area (Å²) in [6, 6.07) is 22.0. The molecule has 1 N–H and O–H groups in total. The van der Waals surface area contributed by atoms with Crippen LogP contribution in [0.4, 0.5) is 4.79 Å². The molecule has 4 nitrogen and oxygen atoms in total. The van der Waals surface area contributed by atoms with Crippen LogP contribution in [0.2, 0.25) is 0 Å². The predicted molar refractivity (Wildman–Crippen MR) is 117 cm³/mol. The topological polar surface area (TPSA) is 49.8 Å². The van der Waals surface area contributed by atoms with Crippen molar-refractivity contribution in [3.05, 3.63) is 89.0 Å². The van der Waals surface area contributed by atoms with Crippen LogP contribution in [-0.2, 0) is 11.2 Å². The molecule has 3 aromatic rings. The molecule has 0 spiro atoms. The molecule has 2 aliphatic rings. The number of amides is 1. The summed E-state index contributed by atoms with van der Waals surface area (Å²) in [6.07, 6.45) is 0.425. The Hall–Kier alpha value is -3.27. The van der Waals surface area contributed by atoms with E-state index in [1.807, 2.05) is 36.9 Å². The fourth-order valence-corrected chi connectivity index (χ4v) is 5.13. The summed E-state index contributed by atoms with van der Waals surface area (Å²) < 4.78 is 5.90. The number of nitrogens with zero attached hydrogens (tertiary/aromatic N) is 1. The maximum absolute atomic E-state index is 13.1. The van der Waals surface area contributed by atoms with Gasteiger partial charge < -0.3 is 9.84 Å². The van der Waals surface area contributed by atoms with E-state index in [4.69, 9.17) is 4.74 Å². The summed E-state index contributed by atoms with van der Waals surface area (Å²) in [5.41, 5.74) is 7.04. The van der Waals surface area contributed by atoms with E-state index in [2.05, 4.69) is 36.4 Å². The average Bonchev–Trinajstić information content (AvgIpc) is 3.06. The first-order valence-electron chi connectivity index (χ1n) is 10.5. The van der Waals surface area contributed by atoms with Crippen molar-refractivity contribution in [1.82, 2.24) is 4.90 Å². The number of rotatable bonds is 2. The highest BCUT2D eigenvalue weighted by Gasteiger charge is 2.35. The lowest BCUT2D eigenvalue weighted by Crippen LogP contribution is -2.45. The van der Waals surface area contributed by atoms with Crippen LogP contribution in [0.3, 0.4) is 0 Å². The lowest BCUT2D eigenvalue weighted by Gasteiger charge is -2.39. The minimum atomic E-state index is -0.282. The maximum Gasteiger partial charge on any atom is 0.410 e. The molecule has 1 amide bonds. The minimum absolute atomic E-state index is 0.00458. The van der Waals surface area contributed by atoms with Crippen molar-refractivity contribution >= 4 is 6.09 Å². The Labute approximate surface area is 176 Å². The molecule has 3 aromatic carbocycles. The molecule has 4 heteroatoms. The molecule has 2 unspecified atom stereocenters. The summed E-state index contributed by atoms with van der Waals surface area (Å²) in [7, 11) is 0. The third-order valence-electron chi connectivity index (χ3n) is 6.53. The molecule has 30 heavy (non-hydrogen) atoms. The second-order valence-corrected chi connectivity index (χ2v) is 8.32. The third-order valence-corrected chi connectivity index (χ3v) is 6.53. The van der Waals surface area contributed by atoms with E-state index >= 15 is 0 Å². The number of benzene rings is 3. The first-order chi connectivity index (χ1) is 14.5. The molecular formula is C26H25NO3. The quantitative estimate of drug-likeness (QED) is 0.606. The van der Waals surface area contributed by atoms with Crippen LogP contribution in [0.5, 0.6) is 5.75 Å². The molecule has 0 saturated heterocycles. The highest BCUT2D eigenvalue weighted by molar-refractivity contribution is 5.79. The van der Waals surface area contributed by atoms with E-state index in [0.717, 1.165) is 11.1 Å². The molecule has 2 atom stereocenters. The van der Waals surface area contributed by atoms with E-state index in [9.17, 15) is 9.90 Å². The first-order valence-corrected chi connectivity index (χ1v) is 10.5. The zero-order valence-corrected chi connectivity index (χ0v) is 17.2. The SMILES string of the molecule is CC1Cc2cc(O)ccc2C(C)N1C(=O)OCC1c2ccccc2-c2ccccc21. The van der Waals surface area contributed by atoms with Crippen LogP contribution in [0.25, 0.3) is 11.1 Å². The number of phenolic OH excluding ortho intramolecular Hbond substituents is 1. The van der Waals surface area contributed by atoms with Gasteiger partial charge in [0.1, 0.15) is 12.4 Å². The Bertz CT molecular complexity index is 1080. The fourth-order valence-electron chi connectivity index (χ4n) is 5.13. The number of phenols is 1. The molecular weight excluding hydrogens is 374 g/mol. The zero-order valence-electron chi connectivity index (χ0n) is 17.2. The van der Waals surface area contributed by atoms with E-state index in [0.29, 0.717) is 13.0 Å². The second kappa shape index (κ2) is 7.21. The van der Waals surface area contributed by atoms with Crippen molar-refractivity contribution in [1.29, 1.82) is 0 Å². The number of hydrogen-bond acceptors (Lipinski definition) is 3. The largest absolute Gasteiger partial charge is 0.508 e. The van der Waals surface area contributed by atoms with Crippen molar-refractivity contribution in [3.8, 4) is 16.9 Å². The van der Waals surface area contributed by atoms with E-state index in [1.165, 1.54) is 22.3 Å². The maximum atomic E-state index is 13.1. The minimum Gasteiger partial charge on any atom is -0.508 e. The number of aromatic hydroxyl groups is 1. The zero-order chi connectivity index (χ0) is 20.8. The molecule has 0 fully saturated rings. The van der Waals surface area contributed by atoms with Gasteiger partial charge in [0, 0.05) is 12.0 Å². The number of carbonyl (C=O) groups excluding carboxylic acids is 1. The van der Waals surface area contributed by atoms with Gasteiger partial charge in [-0.05, 0) is 65.8 Å². The number of carbonyl (C=O) groups is 1. The van der Waals surface area contributed by atoms with E-state index in [-0.39, 0.29) is 29.8 Å². The Balaban J connectivity index is 1.37. The van der Waals surface area contributed by atoms with Gasteiger partial charge in [0.2, 0.25) is 0 Å². The summed E-state index contributed by atoms with van der Waals surface area (Å²) in [6.45, 7) is 4.38. The van der Waals surface area contributed by atoms with Gasteiger partial charge in [-0.3, -0.25) is 4.90 Å². The Morgan fingerprint density at radius 2 is 1.60 bits per heavy atom. The number of hydrogen-bond donors (Lipinski definition) is 1. The van der Waals surface area contributed by atoms with Gasteiger partial charge in [0.05, 0.1) is 6.04 Å². The van der Waals surface area contributed by atoms with Crippen LogP contribution >= 0.6 is 0 Å². The van der Waals surface area contributed by atoms with Gasteiger partial charge in [-0.15, -0.1) is 0 Å². The van der Waals surface area contributed by atoms with Crippen LogP contribution in [-0.4, -0.2) is 28.7 Å². The van der Waals surface area contributed by atoms with Gasteiger partial charge in [0.25, 0.3) is 0 Å². The van der Waals surface area contributed by atoms with Crippen LogP contribution < -0.4 is 0 Å². The van der Waals surface area contributed by atoms with Gasteiger partial charge >= 0.3 is 6.09 Å². The third kappa shape index (κ3) is 2.95. The highest BCUT2D eigenvalue weighted by Crippen LogP contribution is 2.44. The van der Waals surface area contributed by atoms with E-state index in [1.54, 1.807) is 12.1 Å². The molecule has 0 bridgehead atoms. The number of fused-ring (bicyclic) bond motifs is 4. The molecule has 0 aromatic heterocycles. The number of ether oxygens (including phenoxy) is 1. The van der Waals surface area contributed by atoms with Gasteiger partial charge in [-0.2, -0.15) is 0 Å². The van der Waals surface area contributed by atoms with Crippen LogP contribution in [0.1, 0.15) is 48.1 Å². The summed E-state index contributed by atoms with van der Waals surface area (Å²) in [5.74, 6) is 0.323. The standard InChI is InChI=1S/C26H25NO3/c1-16-13-18-14-19(28)11-12-20(18)17(2)27(16)26(29)30-15-25-23-9-5-3-7-21(23)22-8-4-6-10-24(22)25/h3-12,14,16-17,25,28H,13,15H2,1-2H3. The van der Waals surface area contributed by atoms with Crippen molar-refractivity contribution in [2.24, 2.45) is 0 Å². The summed E-state index contributed by atoms with van der Waals surface area (Å²) >= 11 is 0. The smallest absolute Gasteiger partial charge is 0.410 e. The van der Waals surface area contributed by atoms with Crippen molar-refractivity contribution < 1.29 is 14.6 Å². The lowest BCUT2D eigenvalue weighted by atomic mass is 9.89. The Morgan fingerprint density at radius 3 is 2.27 bits per heavy atom. The normalized spacial score (nSPS) is 19.7. The molecule has 1 aliphatic carbocycles. The first kappa shape index (κ1) is 18.7.